The summed E-state index contributed by atoms with van der Waals surface area (Å²) in [7, 11) is 3.44. The normalized spacial score (nSPS) is 10.2. The molecule has 0 N–H and O–H groups in total. The van der Waals surface area contributed by atoms with Crippen molar-refractivity contribution in [2.75, 3.05) is 20.7 Å². The Morgan fingerprint density at radius 1 is 1.33 bits per heavy atom. The van der Waals surface area contributed by atoms with Crippen LogP contribution >= 0.6 is 0 Å². The van der Waals surface area contributed by atoms with Gasteiger partial charge < -0.3 is 9.64 Å². The first-order chi connectivity index (χ1) is 8.63. The molecule has 1 aromatic carbocycles. The number of rotatable bonds is 6. The molecule has 0 spiro atoms. The monoisotopic (exact) mass is 249 g/mol. The van der Waals surface area contributed by atoms with Crippen LogP contribution < -0.4 is 4.74 Å². The lowest BCUT2D eigenvalue weighted by molar-refractivity contribution is 0.0790. The van der Waals surface area contributed by atoms with E-state index in [1.807, 2.05) is 25.2 Å². The van der Waals surface area contributed by atoms with Gasteiger partial charge in [0, 0.05) is 13.6 Å². The molecule has 0 saturated heterocycles. The molecule has 0 bridgehead atoms. The summed E-state index contributed by atoms with van der Waals surface area (Å²) in [4.78, 5) is 14.1. The Morgan fingerprint density at radius 3 is 2.61 bits per heavy atom. The van der Waals surface area contributed by atoms with E-state index in [-0.39, 0.29) is 5.91 Å². The zero-order valence-corrected chi connectivity index (χ0v) is 11.8. The van der Waals surface area contributed by atoms with Crippen molar-refractivity contribution in [1.29, 1.82) is 0 Å². The molecule has 0 heterocycles. The first-order valence-electron chi connectivity index (χ1n) is 6.56. The van der Waals surface area contributed by atoms with E-state index in [9.17, 15) is 4.79 Å². The molecule has 3 nitrogen and oxygen atoms in total. The van der Waals surface area contributed by atoms with Gasteiger partial charge in [0.1, 0.15) is 5.75 Å². The van der Waals surface area contributed by atoms with Crippen LogP contribution in [-0.2, 0) is 6.42 Å². The molecular formula is C15H23NO2. The number of aryl methyl sites for hydroxylation is 1. The summed E-state index contributed by atoms with van der Waals surface area (Å²) in [6, 6.07) is 5.81. The molecule has 1 amide bonds. The number of benzene rings is 1. The largest absolute Gasteiger partial charge is 0.496 e. The maximum atomic E-state index is 12.3. The Bertz CT molecular complexity index is 401. The van der Waals surface area contributed by atoms with Gasteiger partial charge in [0.15, 0.2) is 0 Å². The van der Waals surface area contributed by atoms with Crippen LogP contribution in [0.3, 0.4) is 0 Å². The molecule has 1 rings (SSSR count). The topological polar surface area (TPSA) is 29.5 Å². The molecule has 0 aromatic heterocycles. The Morgan fingerprint density at radius 2 is 2.06 bits per heavy atom. The van der Waals surface area contributed by atoms with Gasteiger partial charge in [-0.05, 0) is 30.5 Å². The Labute approximate surface area is 110 Å². The summed E-state index contributed by atoms with van der Waals surface area (Å²) in [5, 5.41) is 0. The Kier molecular flexibility index (Phi) is 5.69. The van der Waals surface area contributed by atoms with Crippen molar-refractivity contribution in [3.05, 3.63) is 29.3 Å². The molecule has 0 saturated carbocycles. The molecule has 18 heavy (non-hydrogen) atoms. The average Bonchev–Trinajstić information content (AvgIpc) is 2.43. The zero-order chi connectivity index (χ0) is 13.5. The highest BCUT2D eigenvalue weighted by Gasteiger charge is 2.16. The van der Waals surface area contributed by atoms with Crippen LogP contribution in [0.2, 0.25) is 0 Å². The molecule has 3 heteroatoms. The number of ether oxygens (including phenoxy) is 1. The van der Waals surface area contributed by atoms with Crippen molar-refractivity contribution in [1.82, 2.24) is 4.90 Å². The van der Waals surface area contributed by atoms with Gasteiger partial charge in [0.25, 0.3) is 5.91 Å². The second-order valence-electron chi connectivity index (χ2n) is 4.47. The van der Waals surface area contributed by atoms with Crippen LogP contribution in [0.25, 0.3) is 0 Å². The lowest BCUT2D eigenvalue weighted by atomic mass is 10.1. The van der Waals surface area contributed by atoms with E-state index < -0.39 is 0 Å². The van der Waals surface area contributed by atoms with E-state index in [0.29, 0.717) is 11.3 Å². The van der Waals surface area contributed by atoms with E-state index in [4.69, 9.17) is 4.74 Å². The van der Waals surface area contributed by atoms with Crippen LogP contribution in [0, 0.1) is 0 Å². The predicted molar refractivity (Wildman–Crippen MR) is 74.2 cm³/mol. The van der Waals surface area contributed by atoms with Crippen molar-refractivity contribution >= 4 is 5.91 Å². The molecule has 0 aliphatic rings. The second kappa shape index (κ2) is 7.04. The van der Waals surface area contributed by atoms with Crippen molar-refractivity contribution in [2.24, 2.45) is 0 Å². The van der Waals surface area contributed by atoms with Crippen LogP contribution in [0.4, 0.5) is 0 Å². The first kappa shape index (κ1) is 14.6. The molecule has 0 atom stereocenters. The minimum Gasteiger partial charge on any atom is -0.496 e. The van der Waals surface area contributed by atoms with Crippen molar-refractivity contribution in [3.63, 3.8) is 0 Å². The number of nitrogens with zero attached hydrogens (tertiary/aromatic N) is 1. The summed E-state index contributed by atoms with van der Waals surface area (Å²) < 4.78 is 5.27. The van der Waals surface area contributed by atoms with Gasteiger partial charge in [-0.2, -0.15) is 0 Å². The van der Waals surface area contributed by atoms with Gasteiger partial charge in [0.2, 0.25) is 0 Å². The molecule has 0 fully saturated rings. The minimum absolute atomic E-state index is 0.0376. The minimum atomic E-state index is 0.0376. The van der Waals surface area contributed by atoms with Crippen LogP contribution in [0.15, 0.2) is 18.2 Å². The van der Waals surface area contributed by atoms with Gasteiger partial charge in [0.05, 0.1) is 12.7 Å². The predicted octanol–water partition coefficient (Wildman–Crippen LogP) is 3.13. The molecule has 1 aromatic rings. The van der Waals surface area contributed by atoms with Crippen molar-refractivity contribution in [2.45, 2.75) is 33.1 Å². The van der Waals surface area contributed by atoms with Gasteiger partial charge in [-0.25, -0.2) is 0 Å². The fourth-order valence-corrected chi connectivity index (χ4v) is 1.84. The van der Waals surface area contributed by atoms with Gasteiger partial charge in [-0.1, -0.05) is 26.3 Å². The highest BCUT2D eigenvalue weighted by molar-refractivity contribution is 5.97. The summed E-state index contributed by atoms with van der Waals surface area (Å²) in [6.45, 7) is 4.99. The molecular weight excluding hydrogens is 226 g/mol. The fraction of sp³-hybridized carbons (Fsp3) is 0.533. The number of unbranched alkanes of at least 4 members (excludes halogenated alkanes) is 1. The summed E-state index contributed by atoms with van der Waals surface area (Å²) in [5.74, 6) is 0.691. The van der Waals surface area contributed by atoms with E-state index in [1.165, 1.54) is 0 Å². The smallest absolute Gasteiger partial charge is 0.257 e. The van der Waals surface area contributed by atoms with Crippen LogP contribution in [-0.4, -0.2) is 31.5 Å². The maximum Gasteiger partial charge on any atom is 0.257 e. The lowest BCUT2D eigenvalue weighted by Gasteiger charge is -2.18. The van der Waals surface area contributed by atoms with E-state index in [1.54, 1.807) is 12.0 Å². The Balaban J connectivity index is 2.95. The highest BCUT2D eigenvalue weighted by atomic mass is 16.5. The van der Waals surface area contributed by atoms with Gasteiger partial charge in [-0.3, -0.25) is 4.79 Å². The van der Waals surface area contributed by atoms with Gasteiger partial charge >= 0.3 is 0 Å². The lowest BCUT2D eigenvalue weighted by Crippen LogP contribution is -2.28. The number of carbonyl (C=O) groups is 1. The highest BCUT2D eigenvalue weighted by Crippen LogP contribution is 2.21. The number of methoxy groups -OCH3 is 1. The van der Waals surface area contributed by atoms with Gasteiger partial charge in [-0.15, -0.1) is 0 Å². The number of carbonyl (C=O) groups excluding carboxylic acids is 1. The second-order valence-corrected chi connectivity index (χ2v) is 4.47. The third-order valence-corrected chi connectivity index (χ3v) is 3.10. The molecule has 0 unspecified atom stereocenters. The SMILES string of the molecule is CCCCN(C)C(=O)c1cc(CC)ccc1OC. The first-order valence-corrected chi connectivity index (χ1v) is 6.56. The summed E-state index contributed by atoms with van der Waals surface area (Å²) in [6.07, 6.45) is 3.03. The van der Waals surface area contributed by atoms with Crippen LogP contribution in [0.1, 0.15) is 42.6 Å². The number of hydrogen-bond acceptors (Lipinski definition) is 2. The molecule has 100 valence electrons. The van der Waals surface area contributed by atoms with Crippen molar-refractivity contribution < 1.29 is 9.53 Å². The van der Waals surface area contributed by atoms with Crippen LogP contribution in [0.5, 0.6) is 5.75 Å². The summed E-state index contributed by atoms with van der Waals surface area (Å²) in [5.41, 5.74) is 1.82. The van der Waals surface area contributed by atoms with E-state index in [0.717, 1.165) is 31.4 Å². The number of hydrogen-bond donors (Lipinski definition) is 0. The Hall–Kier alpha value is -1.51. The maximum absolute atomic E-state index is 12.3. The average molecular weight is 249 g/mol. The molecule has 0 radical (unpaired) electrons. The zero-order valence-electron chi connectivity index (χ0n) is 11.8. The summed E-state index contributed by atoms with van der Waals surface area (Å²) >= 11 is 0. The van der Waals surface area contributed by atoms with E-state index in [2.05, 4.69) is 13.8 Å². The number of amides is 1. The molecule has 0 aliphatic carbocycles. The molecule has 0 aliphatic heterocycles. The van der Waals surface area contributed by atoms with E-state index >= 15 is 0 Å². The standard InChI is InChI=1S/C15H23NO2/c1-5-7-10-16(3)15(17)13-11-12(6-2)8-9-14(13)18-4/h8-9,11H,5-7,10H2,1-4H3. The fourth-order valence-electron chi connectivity index (χ4n) is 1.84. The third-order valence-electron chi connectivity index (χ3n) is 3.10. The third kappa shape index (κ3) is 3.49. The van der Waals surface area contributed by atoms with Crippen molar-refractivity contribution in [3.8, 4) is 5.75 Å². The quantitative estimate of drug-likeness (QED) is 0.775.